The zero-order chi connectivity index (χ0) is 19.9. The highest BCUT2D eigenvalue weighted by Crippen LogP contribution is 2.42. The van der Waals surface area contributed by atoms with Crippen LogP contribution in [0.5, 0.6) is 0 Å². The van der Waals surface area contributed by atoms with Crippen LogP contribution < -0.4 is 0 Å². The molecule has 30 heavy (non-hydrogen) atoms. The third-order valence-electron chi connectivity index (χ3n) is 5.43. The van der Waals surface area contributed by atoms with Crippen LogP contribution in [-0.2, 0) is 5.75 Å². The molecule has 3 heterocycles. The molecule has 0 unspecified atom stereocenters. The topological polar surface area (TPSA) is 64.3 Å². The number of H-pyrrole nitrogens is 1. The Morgan fingerprint density at radius 3 is 2.70 bits per heavy atom. The average molecular weight is 413 g/mol. The van der Waals surface area contributed by atoms with E-state index in [9.17, 15) is 0 Å². The average Bonchev–Trinajstić information content (AvgIpc) is 3.19. The second-order valence-corrected chi connectivity index (χ2v) is 8.52. The molecule has 0 aliphatic heterocycles. The van der Waals surface area contributed by atoms with E-state index >= 15 is 0 Å². The lowest BCUT2D eigenvalue weighted by molar-refractivity contribution is 0.669. The normalized spacial score (nSPS) is 13.9. The van der Waals surface area contributed by atoms with Crippen LogP contribution in [0.2, 0.25) is 0 Å². The van der Waals surface area contributed by atoms with Crippen LogP contribution in [-0.4, -0.2) is 29.5 Å². The van der Waals surface area contributed by atoms with Gasteiger partial charge in [-0.25, -0.2) is 4.68 Å². The highest BCUT2D eigenvalue weighted by Gasteiger charge is 2.30. The summed E-state index contributed by atoms with van der Waals surface area (Å²) in [5.41, 5.74) is 4.48. The summed E-state index contributed by atoms with van der Waals surface area (Å²) in [5.74, 6) is 1.77. The molecule has 1 fully saturated rings. The molecule has 6 nitrogen and oxygen atoms in total. The lowest BCUT2D eigenvalue weighted by atomic mass is 10.1. The van der Waals surface area contributed by atoms with Crippen molar-refractivity contribution in [3.05, 3.63) is 78.8 Å². The second kappa shape index (κ2) is 7.18. The molecule has 5 aromatic rings. The highest BCUT2D eigenvalue weighted by molar-refractivity contribution is 7.98. The van der Waals surface area contributed by atoms with Crippen molar-refractivity contribution in [2.45, 2.75) is 29.8 Å². The van der Waals surface area contributed by atoms with Crippen molar-refractivity contribution in [3.63, 3.8) is 0 Å². The smallest absolute Gasteiger partial charge is 0.192 e. The largest absolute Gasteiger partial charge is 0.360 e. The molecule has 6 rings (SSSR count). The molecule has 0 spiro atoms. The molecular weight excluding hydrogens is 392 g/mol. The summed E-state index contributed by atoms with van der Waals surface area (Å²) < 4.78 is 4.24. The lowest BCUT2D eigenvalue weighted by Gasteiger charge is -2.08. The molecule has 1 saturated carbocycles. The standard InChI is InChI=1S/C23H20N6S/c1-2-6-17(7-3-1)28-14-16(12-25-28)15-30-23-27-26-22(29(23)18-10-11-18)20-13-24-21-9-5-4-8-19(20)21/h1-9,12-14,18,24H,10-11,15H2. The van der Waals surface area contributed by atoms with Crippen LogP contribution in [0.3, 0.4) is 0 Å². The Morgan fingerprint density at radius 1 is 1.00 bits per heavy atom. The van der Waals surface area contributed by atoms with Crippen LogP contribution in [0.4, 0.5) is 0 Å². The molecule has 0 amide bonds. The number of nitrogens with zero attached hydrogens (tertiary/aromatic N) is 5. The SMILES string of the molecule is c1ccc(-n2cc(CSc3nnc(-c4c[nH]c5ccccc45)n3C3CC3)cn2)cc1. The molecule has 7 heteroatoms. The molecule has 0 atom stereocenters. The van der Waals surface area contributed by atoms with Crippen molar-refractivity contribution in [3.8, 4) is 17.1 Å². The van der Waals surface area contributed by atoms with Crippen LogP contribution in [0.25, 0.3) is 28.0 Å². The van der Waals surface area contributed by atoms with Gasteiger partial charge in [-0.05, 0) is 31.0 Å². The predicted octanol–water partition coefficient (Wildman–Crippen LogP) is 5.24. The van der Waals surface area contributed by atoms with E-state index in [1.807, 2.05) is 41.3 Å². The first-order chi connectivity index (χ1) is 14.9. The van der Waals surface area contributed by atoms with Crippen LogP contribution in [0.15, 0.2) is 78.3 Å². The van der Waals surface area contributed by atoms with E-state index in [0.29, 0.717) is 6.04 Å². The minimum atomic E-state index is 0.498. The number of thioether (sulfide) groups is 1. The van der Waals surface area contributed by atoms with Crippen molar-refractivity contribution in [2.75, 3.05) is 0 Å². The van der Waals surface area contributed by atoms with Gasteiger partial charge in [-0.2, -0.15) is 5.10 Å². The van der Waals surface area contributed by atoms with Crippen molar-refractivity contribution in [1.29, 1.82) is 0 Å². The Bertz CT molecular complexity index is 1310. The molecule has 1 N–H and O–H groups in total. The predicted molar refractivity (Wildman–Crippen MR) is 119 cm³/mol. The Labute approximate surface area is 178 Å². The summed E-state index contributed by atoms with van der Waals surface area (Å²) in [7, 11) is 0. The summed E-state index contributed by atoms with van der Waals surface area (Å²) in [4.78, 5) is 3.36. The Balaban J connectivity index is 1.28. The van der Waals surface area contributed by atoms with E-state index in [1.54, 1.807) is 11.8 Å². The van der Waals surface area contributed by atoms with Crippen molar-refractivity contribution < 1.29 is 0 Å². The number of fused-ring (bicyclic) bond motifs is 1. The van der Waals surface area contributed by atoms with E-state index in [-0.39, 0.29) is 0 Å². The number of hydrogen-bond donors (Lipinski definition) is 1. The quantitative estimate of drug-likeness (QED) is 0.387. The minimum absolute atomic E-state index is 0.498. The van der Waals surface area contributed by atoms with Crippen LogP contribution in [0, 0.1) is 0 Å². The molecule has 0 saturated heterocycles. The first kappa shape index (κ1) is 17.5. The van der Waals surface area contributed by atoms with E-state index < -0.39 is 0 Å². The number of aromatic amines is 1. The second-order valence-electron chi connectivity index (χ2n) is 7.57. The number of nitrogens with one attached hydrogen (secondary N) is 1. The van der Waals surface area contributed by atoms with E-state index in [1.165, 1.54) is 23.8 Å². The molecule has 3 aromatic heterocycles. The molecular formula is C23H20N6S. The Morgan fingerprint density at radius 2 is 1.83 bits per heavy atom. The highest BCUT2D eigenvalue weighted by atomic mass is 32.2. The maximum atomic E-state index is 4.59. The molecule has 0 radical (unpaired) electrons. The fourth-order valence-electron chi connectivity index (χ4n) is 3.78. The van der Waals surface area contributed by atoms with E-state index in [4.69, 9.17) is 0 Å². The summed E-state index contributed by atoms with van der Waals surface area (Å²) in [6.07, 6.45) is 8.44. The van der Waals surface area contributed by atoms with Gasteiger partial charge in [0.1, 0.15) is 0 Å². The maximum Gasteiger partial charge on any atom is 0.192 e. The number of benzene rings is 2. The van der Waals surface area contributed by atoms with Gasteiger partial charge in [-0.1, -0.05) is 48.2 Å². The fraction of sp³-hybridized carbons (Fsp3) is 0.174. The maximum absolute atomic E-state index is 4.59. The first-order valence-corrected chi connectivity index (χ1v) is 11.1. The fourth-order valence-corrected chi connectivity index (χ4v) is 4.70. The third-order valence-corrected chi connectivity index (χ3v) is 6.45. The van der Waals surface area contributed by atoms with Gasteiger partial charge in [-0.3, -0.25) is 4.57 Å². The van der Waals surface area contributed by atoms with Gasteiger partial charge in [0, 0.05) is 46.2 Å². The van der Waals surface area contributed by atoms with E-state index in [2.05, 4.69) is 61.4 Å². The Kier molecular flexibility index (Phi) is 4.19. The number of hydrogen-bond acceptors (Lipinski definition) is 4. The summed E-state index contributed by atoms with van der Waals surface area (Å²) >= 11 is 1.73. The molecule has 148 valence electrons. The monoisotopic (exact) mass is 412 g/mol. The van der Waals surface area contributed by atoms with Gasteiger partial charge in [0.25, 0.3) is 0 Å². The zero-order valence-corrected chi connectivity index (χ0v) is 17.1. The summed E-state index contributed by atoms with van der Waals surface area (Å²) in [6, 6.07) is 19.0. The van der Waals surface area contributed by atoms with E-state index in [0.717, 1.165) is 33.5 Å². The van der Waals surface area contributed by atoms with Gasteiger partial charge < -0.3 is 4.98 Å². The molecule has 1 aliphatic carbocycles. The van der Waals surface area contributed by atoms with Crippen molar-refractivity contribution in [1.82, 2.24) is 29.5 Å². The molecule has 1 aliphatic rings. The van der Waals surface area contributed by atoms with Crippen LogP contribution in [0.1, 0.15) is 24.4 Å². The van der Waals surface area contributed by atoms with Gasteiger partial charge in [-0.15, -0.1) is 10.2 Å². The van der Waals surface area contributed by atoms with Crippen molar-refractivity contribution in [2.24, 2.45) is 0 Å². The third kappa shape index (κ3) is 3.11. The molecule has 2 aromatic carbocycles. The van der Waals surface area contributed by atoms with Gasteiger partial charge in [0.15, 0.2) is 11.0 Å². The lowest BCUT2D eigenvalue weighted by Crippen LogP contribution is -1.99. The molecule has 0 bridgehead atoms. The Hall–Kier alpha value is -3.32. The summed E-state index contributed by atoms with van der Waals surface area (Å²) in [5, 5.41) is 15.8. The number of para-hydroxylation sites is 2. The summed E-state index contributed by atoms with van der Waals surface area (Å²) in [6.45, 7) is 0. The number of rotatable bonds is 6. The van der Waals surface area contributed by atoms with Gasteiger partial charge in [0.05, 0.1) is 11.9 Å². The van der Waals surface area contributed by atoms with Gasteiger partial charge >= 0.3 is 0 Å². The van der Waals surface area contributed by atoms with Crippen LogP contribution >= 0.6 is 11.8 Å². The van der Waals surface area contributed by atoms with Crippen molar-refractivity contribution >= 4 is 22.7 Å². The number of aromatic nitrogens is 6. The first-order valence-electron chi connectivity index (χ1n) is 10.1. The zero-order valence-electron chi connectivity index (χ0n) is 16.3. The minimum Gasteiger partial charge on any atom is -0.360 e. The van der Waals surface area contributed by atoms with Gasteiger partial charge in [0.2, 0.25) is 0 Å².